The number of likely N-dealkylation sites (tertiary alicyclic amines) is 3. The lowest BCUT2D eigenvalue weighted by Crippen LogP contribution is -2.57. The maximum Gasteiger partial charge on any atom is 0.416 e. The number of alkyl halides is 18. The molecule has 0 radical (unpaired) electrons. The Balaban J connectivity index is 0.000000195. The van der Waals surface area contributed by atoms with E-state index in [2.05, 4.69) is 45.2 Å². The number of carbonyl (C=O) groups excluding carboxylic acids is 3. The Hall–Kier alpha value is -13.1. The maximum absolute atomic E-state index is 13.8. The van der Waals surface area contributed by atoms with Crippen LogP contribution in [0.25, 0.3) is 33.4 Å². The van der Waals surface area contributed by atoms with Crippen molar-refractivity contribution in [3.05, 3.63) is 179 Å². The van der Waals surface area contributed by atoms with Crippen LogP contribution in [-0.4, -0.2) is 199 Å². The SMILES string of the molecule is CC[C@@H]1CC(N(Cc2cc(C(F)(F)F)cc(C(F)(F)F)c2)c2ncc(-c3cnn(C)c3)cn2)C[C@H](CC)N1C(=O)OC1CCC(C(=O)O)CC1.CC[C@@H]1CC(N(Cc2cc(C(F)(F)F)cc(C(F)(F)F)c2)c2ncc(-c3cnn(C)c3)cn2)C[C@H](CC)N1C(=O)OC1CCC(C(=O)O)CC1.CC[C@@H]1CC(N(Cc2cc(C(F)(F)F)cc(C(F)(F)F)c2)c2ncc(-c3cnn(C)c3)cn2)C[C@H](CC)N1C(=O)OCCC(=O)O. The fraction of sp³-hybridized carbons (Fsp3) is 0.541. The first kappa shape index (κ1) is 112. The lowest BCUT2D eigenvalue weighted by molar-refractivity contribution is -0.144. The molecule has 3 N–H and O–H groups in total. The van der Waals surface area contributed by atoms with E-state index >= 15 is 0 Å². The van der Waals surface area contributed by atoms with E-state index in [1.54, 1.807) is 102 Å². The number of piperidine rings is 3. The van der Waals surface area contributed by atoms with E-state index in [0.29, 0.717) is 174 Å². The molecule has 5 aliphatic rings. The summed E-state index contributed by atoms with van der Waals surface area (Å²) in [5.74, 6) is -3.48. The molecule has 48 heteroatoms. The number of aliphatic carboxylic acids is 3. The minimum Gasteiger partial charge on any atom is -0.481 e. The third kappa shape index (κ3) is 28.6. The van der Waals surface area contributed by atoms with Gasteiger partial charge in [-0.2, -0.15) is 94.3 Å². The van der Waals surface area contributed by atoms with Gasteiger partial charge in [-0.1, -0.05) is 41.5 Å². The number of benzene rings is 3. The summed E-state index contributed by atoms with van der Waals surface area (Å²) in [6, 6.07) is 0.777. The summed E-state index contributed by atoms with van der Waals surface area (Å²) in [7, 11) is 5.21. The van der Waals surface area contributed by atoms with Crippen LogP contribution in [0.4, 0.5) is 111 Å². The van der Waals surface area contributed by atoms with Gasteiger partial charge in [0.25, 0.3) is 0 Å². The highest BCUT2D eigenvalue weighted by Crippen LogP contribution is 2.46. The fourth-order valence-electron chi connectivity index (χ4n) is 19.7. The van der Waals surface area contributed by atoms with Crippen LogP contribution in [0, 0.1) is 11.8 Å². The van der Waals surface area contributed by atoms with Gasteiger partial charge in [-0.15, -0.1) is 0 Å². The van der Waals surface area contributed by atoms with Gasteiger partial charge in [-0.25, -0.2) is 44.3 Å². The van der Waals surface area contributed by atoms with Crippen molar-refractivity contribution in [2.45, 2.75) is 300 Å². The Morgan fingerprint density at radius 3 is 0.747 bits per heavy atom. The Morgan fingerprint density at radius 1 is 0.329 bits per heavy atom. The molecule has 14 rings (SSSR count). The largest absolute Gasteiger partial charge is 0.481 e. The highest BCUT2D eigenvalue weighted by molar-refractivity contribution is 5.73. The number of hydrogen-bond donors (Lipinski definition) is 3. The molecule has 3 saturated heterocycles. The second-order valence-corrected chi connectivity index (χ2v) is 37.3. The van der Waals surface area contributed by atoms with Gasteiger partial charge in [0.05, 0.1) is 70.2 Å². The van der Waals surface area contributed by atoms with Crippen molar-refractivity contribution < 1.29 is 137 Å². The lowest BCUT2D eigenvalue weighted by atomic mass is 9.87. The molecule has 9 heterocycles. The van der Waals surface area contributed by atoms with Crippen molar-refractivity contribution >= 4 is 54.0 Å². The smallest absolute Gasteiger partial charge is 0.416 e. The Kier molecular flexibility index (Phi) is 36.1. The summed E-state index contributed by atoms with van der Waals surface area (Å²) in [6.45, 7) is 9.85. The summed E-state index contributed by atoms with van der Waals surface area (Å²) in [5.41, 5.74) is -5.19. The number of rotatable bonds is 28. The number of aromatic nitrogens is 12. The molecular formula is C98H114F18N18O12. The topological polar surface area (TPSA) is 341 Å². The van der Waals surface area contributed by atoms with Crippen molar-refractivity contribution in [3.63, 3.8) is 0 Å². The molecule has 0 spiro atoms. The molecule has 3 amide bonds. The van der Waals surface area contributed by atoms with Gasteiger partial charge in [0.1, 0.15) is 18.8 Å². The van der Waals surface area contributed by atoms with E-state index in [-0.39, 0.29) is 122 Å². The molecule has 3 aromatic carbocycles. The zero-order chi connectivity index (χ0) is 107. The van der Waals surface area contributed by atoms with Gasteiger partial charge < -0.3 is 58.9 Å². The van der Waals surface area contributed by atoms with E-state index in [0.717, 1.165) is 11.1 Å². The predicted molar refractivity (Wildman–Crippen MR) is 493 cm³/mol. The number of halogens is 18. The number of nitrogens with zero attached hydrogens (tertiary/aromatic N) is 18. The average molecular weight is 2080 g/mol. The predicted octanol–water partition coefficient (Wildman–Crippen LogP) is 22.0. The number of amides is 3. The first-order chi connectivity index (χ1) is 68.7. The average Bonchev–Trinajstić information content (AvgIpc) is 1.34. The molecule has 0 bridgehead atoms. The molecule has 9 atom stereocenters. The van der Waals surface area contributed by atoms with Crippen LogP contribution in [0.3, 0.4) is 0 Å². The highest BCUT2D eigenvalue weighted by atomic mass is 19.4. The van der Waals surface area contributed by atoms with Gasteiger partial charge >= 0.3 is 73.2 Å². The normalized spacial score (nSPS) is 21.7. The van der Waals surface area contributed by atoms with Gasteiger partial charge in [0.15, 0.2) is 0 Å². The number of aryl methyl sites for hydroxylation is 3. The number of carbonyl (C=O) groups is 6. The van der Waals surface area contributed by atoms with Crippen LogP contribution in [0.5, 0.6) is 0 Å². The van der Waals surface area contributed by atoms with Crippen molar-refractivity contribution in [2.75, 3.05) is 21.3 Å². The number of carboxylic acid groups (broad SMARTS) is 3. The molecule has 146 heavy (non-hydrogen) atoms. The minimum absolute atomic E-state index is 0.0850. The van der Waals surface area contributed by atoms with E-state index in [1.165, 1.54) is 37.2 Å². The van der Waals surface area contributed by atoms with Crippen molar-refractivity contribution in [2.24, 2.45) is 33.0 Å². The van der Waals surface area contributed by atoms with Crippen LogP contribution in [-0.2, 0) is 106 Å². The summed E-state index contributed by atoms with van der Waals surface area (Å²) in [6.07, 6.45) is -5.68. The molecule has 5 fully saturated rings. The Morgan fingerprint density at radius 2 is 0.555 bits per heavy atom. The summed E-state index contributed by atoms with van der Waals surface area (Å²) >= 11 is 0. The van der Waals surface area contributed by atoms with Crippen LogP contribution >= 0.6 is 0 Å². The summed E-state index contributed by atoms with van der Waals surface area (Å²) < 4.78 is 270. The minimum atomic E-state index is -5.02. The summed E-state index contributed by atoms with van der Waals surface area (Å²) in [5, 5.41) is 40.0. The first-order valence-corrected chi connectivity index (χ1v) is 47.9. The lowest BCUT2D eigenvalue weighted by Gasteiger charge is -2.47. The third-order valence-electron chi connectivity index (χ3n) is 27.3. The van der Waals surface area contributed by atoms with Gasteiger partial charge in [0.2, 0.25) is 17.8 Å². The number of carboxylic acids is 3. The van der Waals surface area contributed by atoms with Crippen LogP contribution < -0.4 is 14.7 Å². The van der Waals surface area contributed by atoms with E-state index < -0.39 is 161 Å². The molecule has 3 aliphatic heterocycles. The van der Waals surface area contributed by atoms with E-state index in [1.807, 2.05) is 41.5 Å². The van der Waals surface area contributed by atoms with Crippen molar-refractivity contribution in [1.82, 2.24) is 73.9 Å². The molecule has 30 nitrogen and oxygen atoms in total. The Labute approximate surface area is 828 Å². The molecule has 794 valence electrons. The molecule has 3 unspecified atom stereocenters. The standard InChI is InChI=1S/2C34H40F6N6O4.C30H34F6N6O4/c2*1-4-26-13-28(14-27(5-2)46(26)32(49)50-29-8-6-21(7-9-29)30(47)48)45(31-41-15-22(16-42-31)23-17-43-44(3)19-23)18-20-10-24(33(35,36)37)12-25(11-20)34(38,39)40;1-4-23-11-25(12-24(5-2)42(23)28(45)46-7-6-26(43)44)41(27-37-13-19(14-38-27)20-15-39-40(3)17-20)16-18-8-21(29(31,32)33)10-22(9-18)30(34,35)36/h2*10-12,15-17,19,21,26-29H,4-9,13-14,18H2,1-3H3,(H,47,48);8-10,13-15,17,23-25H,4-7,11-12,16H2,1-3H3,(H,43,44)/t2*21?,26-,27+,28?,29?;23-,24+,25?. The van der Waals surface area contributed by atoms with Gasteiger partial charge in [-0.05, 0) is 200 Å². The van der Waals surface area contributed by atoms with E-state index in [9.17, 15) is 118 Å². The van der Waals surface area contributed by atoms with Crippen LogP contribution in [0.1, 0.15) is 226 Å². The van der Waals surface area contributed by atoms with Gasteiger partial charge in [0, 0.05) is 184 Å². The maximum atomic E-state index is 13.8. The number of ether oxygens (including phenoxy) is 3. The number of anilines is 3. The molecule has 6 aromatic heterocycles. The van der Waals surface area contributed by atoms with Crippen molar-refractivity contribution in [1.29, 1.82) is 0 Å². The monoisotopic (exact) mass is 2080 g/mol. The van der Waals surface area contributed by atoms with Crippen LogP contribution in [0.15, 0.2) is 129 Å². The second kappa shape index (κ2) is 47.2. The van der Waals surface area contributed by atoms with E-state index in [4.69, 9.17) is 19.3 Å². The van der Waals surface area contributed by atoms with Crippen LogP contribution in [0.2, 0.25) is 0 Å². The summed E-state index contributed by atoms with van der Waals surface area (Å²) in [4.78, 5) is 111. The molecular weight excluding hydrogens is 1960 g/mol. The fourth-order valence-corrected chi connectivity index (χ4v) is 19.7. The molecule has 2 saturated carbocycles. The third-order valence-corrected chi connectivity index (χ3v) is 27.3. The van der Waals surface area contributed by atoms with Crippen molar-refractivity contribution in [3.8, 4) is 33.4 Å². The van der Waals surface area contributed by atoms with Gasteiger partial charge in [-0.3, -0.25) is 28.4 Å². The zero-order valence-corrected chi connectivity index (χ0v) is 81.2. The quantitative estimate of drug-likeness (QED) is 0.0303. The zero-order valence-electron chi connectivity index (χ0n) is 81.2. The molecule has 9 aromatic rings. The number of hydrogen-bond acceptors (Lipinski definition) is 21. The Bertz CT molecular complexity index is 5530. The molecule has 2 aliphatic carbocycles. The second-order valence-electron chi connectivity index (χ2n) is 37.3. The first-order valence-electron chi connectivity index (χ1n) is 47.9. The highest BCUT2D eigenvalue weighted by Gasteiger charge is 2.49.